The SMILES string of the molecule is C/C=C(\CCC1CCN(Cc2ccccc2)CC1)c1cccc2ccccc12. The fourth-order valence-electron chi connectivity index (χ4n) is 4.57. The van der Waals surface area contributed by atoms with Crippen molar-refractivity contribution < 1.29 is 0 Å². The monoisotopic (exact) mass is 369 g/mol. The Balaban J connectivity index is 1.33. The lowest BCUT2D eigenvalue weighted by Gasteiger charge is -2.32. The zero-order valence-electron chi connectivity index (χ0n) is 17.0. The molecule has 1 saturated heterocycles. The van der Waals surface area contributed by atoms with Crippen molar-refractivity contribution in [1.29, 1.82) is 0 Å². The molecule has 1 aliphatic heterocycles. The molecule has 1 heterocycles. The summed E-state index contributed by atoms with van der Waals surface area (Å²) in [6.45, 7) is 5.77. The summed E-state index contributed by atoms with van der Waals surface area (Å²) < 4.78 is 0. The van der Waals surface area contributed by atoms with Crippen LogP contribution in [0.4, 0.5) is 0 Å². The third kappa shape index (κ3) is 4.54. The van der Waals surface area contributed by atoms with Gasteiger partial charge < -0.3 is 0 Å². The molecule has 1 aliphatic rings. The summed E-state index contributed by atoms with van der Waals surface area (Å²) in [5, 5.41) is 2.73. The molecule has 0 spiro atoms. The van der Waals surface area contributed by atoms with Crippen LogP contribution in [-0.4, -0.2) is 18.0 Å². The van der Waals surface area contributed by atoms with Crippen LogP contribution in [0.5, 0.6) is 0 Å². The molecule has 0 aliphatic carbocycles. The first-order chi connectivity index (χ1) is 13.8. The predicted octanol–water partition coefficient (Wildman–Crippen LogP) is 6.94. The molecule has 0 N–H and O–H groups in total. The summed E-state index contributed by atoms with van der Waals surface area (Å²) in [7, 11) is 0. The Bertz CT molecular complexity index is 912. The fraction of sp³-hybridized carbons (Fsp3) is 0.333. The van der Waals surface area contributed by atoms with Crippen molar-refractivity contribution in [3.8, 4) is 0 Å². The molecule has 0 amide bonds. The van der Waals surface area contributed by atoms with Crippen LogP contribution < -0.4 is 0 Å². The van der Waals surface area contributed by atoms with Crippen LogP contribution in [0, 0.1) is 5.92 Å². The summed E-state index contributed by atoms with van der Waals surface area (Å²) in [4.78, 5) is 2.62. The van der Waals surface area contributed by atoms with E-state index in [4.69, 9.17) is 0 Å². The van der Waals surface area contributed by atoms with Crippen molar-refractivity contribution in [2.75, 3.05) is 13.1 Å². The second-order valence-electron chi connectivity index (χ2n) is 8.08. The van der Waals surface area contributed by atoms with E-state index in [1.807, 2.05) is 0 Å². The molecule has 28 heavy (non-hydrogen) atoms. The lowest BCUT2D eigenvalue weighted by Crippen LogP contribution is -2.33. The fourth-order valence-corrected chi connectivity index (χ4v) is 4.57. The van der Waals surface area contributed by atoms with Gasteiger partial charge in [-0.15, -0.1) is 0 Å². The van der Waals surface area contributed by atoms with Gasteiger partial charge in [0.25, 0.3) is 0 Å². The number of rotatable bonds is 6. The van der Waals surface area contributed by atoms with E-state index in [1.165, 1.54) is 66.2 Å². The van der Waals surface area contributed by atoms with Crippen LogP contribution in [0.3, 0.4) is 0 Å². The van der Waals surface area contributed by atoms with Gasteiger partial charge in [-0.3, -0.25) is 4.90 Å². The van der Waals surface area contributed by atoms with Crippen molar-refractivity contribution >= 4 is 16.3 Å². The first-order valence-corrected chi connectivity index (χ1v) is 10.7. The normalized spacial score (nSPS) is 16.5. The van der Waals surface area contributed by atoms with Gasteiger partial charge in [-0.1, -0.05) is 78.9 Å². The molecule has 0 unspecified atom stereocenters. The Hall–Kier alpha value is -2.38. The number of benzene rings is 3. The standard InChI is InChI=1S/C27H31N/c1-2-24(26-14-8-12-25-11-6-7-13-27(25)26)16-15-22-17-19-28(20-18-22)21-23-9-4-3-5-10-23/h2-14,22H,15-21H2,1H3/b24-2+. The maximum absolute atomic E-state index is 2.62. The van der Waals surface area contributed by atoms with Crippen molar-refractivity contribution in [1.82, 2.24) is 4.90 Å². The smallest absolute Gasteiger partial charge is 0.0233 e. The van der Waals surface area contributed by atoms with E-state index in [1.54, 1.807) is 0 Å². The highest BCUT2D eigenvalue weighted by Gasteiger charge is 2.19. The minimum absolute atomic E-state index is 0.858. The van der Waals surface area contributed by atoms with E-state index in [0.29, 0.717) is 0 Å². The predicted molar refractivity (Wildman–Crippen MR) is 121 cm³/mol. The number of hydrogen-bond donors (Lipinski definition) is 0. The highest BCUT2D eigenvalue weighted by atomic mass is 15.1. The Morgan fingerprint density at radius 1 is 0.893 bits per heavy atom. The van der Waals surface area contributed by atoms with Crippen LogP contribution in [0.25, 0.3) is 16.3 Å². The van der Waals surface area contributed by atoms with E-state index in [9.17, 15) is 0 Å². The van der Waals surface area contributed by atoms with E-state index < -0.39 is 0 Å². The Morgan fingerprint density at radius 3 is 2.39 bits per heavy atom. The molecule has 1 fully saturated rings. The number of likely N-dealkylation sites (tertiary alicyclic amines) is 1. The third-order valence-corrected chi connectivity index (χ3v) is 6.26. The maximum Gasteiger partial charge on any atom is 0.0233 e. The molecule has 0 saturated carbocycles. The highest BCUT2D eigenvalue weighted by Crippen LogP contribution is 2.31. The first kappa shape index (κ1) is 19.0. The topological polar surface area (TPSA) is 3.24 Å². The van der Waals surface area contributed by atoms with E-state index in [-0.39, 0.29) is 0 Å². The molecule has 144 valence electrons. The summed E-state index contributed by atoms with van der Waals surface area (Å²) in [5.74, 6) is 0.858. The molecule has 0 radical (unpaired) electrons. The summed E-state index contributed by atoms with van der Waals surface area (Å²) in [6.07, 6.45) is 7.49. The van der Waals surface area contributed by atoms with E-state index in [2.05, 4.69) is 90.7 Å². The Kier molecular flexibility index (Phi) is 6.24. The van der Waals surface area contributed by atoms with Gasteiger partial charge in [0, 0.05) is 6.54 Å². The molecule has 1 nitrogen and oxygen atoms in total. The number of allylic oxidation sites excluding steroid dienone is 2. The minimum Gasteiger partial charge on any atom is -0.299 e. The van der Waals surface area contributed by atoms with E-state index >= 15 is 0 Å². The number of fused-ring (bicyclic) bond motifs is 1. The van der Waals surface area contributed by atoms with Crippen molar-refractivity contribution in [2.24, 2.45) is 5.92 Å². The minimum atomic E-state index is 0.858. The molecule has 0 aromatic heterocycles. The largest absolute Gasteiger partial charge is 0.299 e. The van der Waals surface area contributed by atoms with Gasteiger partial charge in [0.1, 0.15) is 0 Å². The Morgan fingerprint density at radius 2 is 1.61 bits per heavy atom. The quantitative estimate of drug-likeness (QED) is 0.455. The number of piperidine rings is 1. The average Bonchev–Trinajstić information content (AvgIpc) is 2.76. The first-order valence-electron chi connectivity index (χ1n) is 10.7. The van der Waals surface area contributed by atoms with Gasteiger partial charge in [-0.25, -0.2) is 0 Å². The van der Waals surface area contributed by atoms with Gasteiger partial charge in [-0.05, 0) is 79.1 Å². The molecule has 3 aromatic rings. The van der Waals surface area contributed by atoms with Gasteiger partial charge in [0.15, 0.2) is 0 Å². The van der Waals surface area contributed by atoms with Gasteiger partial charge in [0.2, 0.25) is 0 Å². The zero-order valence-corrected chi connectivity index (χ0v) is 17.0. The van der Waals surface area contributed by atoms with Crippen LogP contribution in [0.2, 0.25) is 0 Å². The summed E-state index contributed by atoms with van der Waals surface area (Å²) in [6, 6.07) is 26.4. The van der Waals surface area contributed by atoms with Crippen molar-refractivity contribution in [3.63, 3.8) is 0 Å². The summed E-state index contributed by atoms with van der Waals surface area (Å²) in [5.41, 5.74) is 4.36. The summed E-state index contributed by atoms with van der Waals surface area (Å²) >= 11 is 0. The van der Waals surface area contributed by atoms with Crippen molar-refractivity contribution in [2.45, 2.75) is 39.2 Å². The number of nitrogens with zero attached hydrogens (tertiary/aromatic N) is 1. The molecular weight excluding hydrogens is 338 g/mol. The van der Waals surface area contributed by atoms with Crippen LogP contribution in [-0.2, 0) is 6.54 Å². The highest BCUT2D eigenvalue weighted by molar-refractivity contribution is 5.93. The zero-order chi connectivity index (χ0) is 19.2. The van der Waals surface area contributed by atoms with Crippen LogP contribution in [0.15, 0.2) is 78.9 Å². The van der Waals surface area contributed by atoms with Gasteiger partial charge in [-0.2, -0.15) is 0 Å². The molecular formula is C27H31N. The van der Waals surface area contributed by atoms with Gasteiger partial charge >= 0.3 is 0 Å². The molecule has 1 heteroatoms. The Labute approximate surface area is 169 Å². The maximum atomic E-state index is 2.62. The van der Waals surface area contributed by atoms with Crippen LogP contribution in [0.1, 0.15) is 43.7 Å². The van der Waals surface area contributed by atoms with Gasteiger partial charge in [0.05, 0.1) is 0 Å². The molecule has 4 rings (SSSR count). The lowest BCUT2D eigenvalue weighted by atomic mass is 9.87. The van der Waals surface area contributed by atoms with Crippen LogP contribution >= 0.6 is 0 Å². The molecule has 0 atom stereocenters. The second kappa shape index (κ2) is 9.21. The molecule has 0 bridgehead atoms. The van der Waals surface area contributed by atoms with Crippen molar-refractivity contribution in [3.05, 3.63) is 90.0 Å². The van der Waals surface area contributed by atoms with E-state index in [0.717, 1.165) is 12.5 Å². The number of hydrogen-bond acceptors (Lipinski definition) is 1. The molecule has 3 aromatic carbocycles. The lowest BCUT2D eigenvalue weighted by molar-refractivity contribution is 0.173. The second-order valence-corrected chi connectivity index (χ2v) is 8.08. The third-order valence-electron chi connectivity index (χ3n) is 6.26. The average molecular weight is 370 g/mol.